The lowest BCUT2D eigenvalue weighted by molar-refractivity contribution is 0.165. The molecule has 98 valence electrons. The van der Waals surface area contributed by atoms with Gasteiger partial charge in [0.1, 0.15) is 0 Å². The van der Waals surface area contributed by atoms with Gasteiger partial charge in [-0.1, -0.05) is 44.7 Å². The summed E-state index contributed by atoms with van der Waals surface area (Å²) in [5.74, 6) is 0. The largest absolute Gasteiger partial charge is 0.304 e. The molecule has 0 spiro atoms. The molecule has 0 bridgehead atoms. The Morgan fingerprint density at radius 3 is 2.24 bits per heavy atom. The molecule has 0 N–H and O–H groups in total. The quantitative estimate of drug-likeness (QED) is 0.693. The molecule has 2 nitrogen and oxygen atoms in total. The van der Waals surface area contributed by atoms with Gasteiger partial charge in [-0.2, -0.15) is 0 Å². The Kier molecular flexibility index (Phi) is 9.78. The first-order valence-corrected chi connectivity index (χ1v) is 6.61. The van der Waals surface area contributed by atoms with E-state index in [0.717, 1.165) is 19.6 Å². The van der Waals surface area contributed by atoms with Crippen molar-refractivity contribution in [2.24, 2.45) is 0 Å². The van der Waals surface area contributed by atoms with Gasteiger partial charge in [-0.05, 0) is 19.5 Å². The first-order valence-electron chi connectivity index (χ1n) is 6.61. The first kappa shape index (κ1) is 16.1. The highest BCUT2D eigenvalue weighted by Gasteiger charge is 2.13. The van der Waals surface area contributed by atoms with Crippen molar-refractivity contribution in [3.8, 4) is 0 Å². The fraction of sp³-hybridized carbons (Fsp3) is 0.600. The molecule has 0 unspecified atom stereocenters. The molecule has 17 heavy (non-hydrogen) atoms. The second kappa shape index (κ2) is 10.3. The van der Waals surface area contributed by atoms with E-state index in [0.29, 0.717) is 0 Å². The molecule has 1 saturated heterocycles. The molecule has 1 rings (SSSR count). The van der Waals surface area contributed by atoms with Gasteiger partial charge in [0.05, 0.1) is 0 Å². The van der Waals surface area contributed by atoms with Gasteiger partial charge in [0.15, 0.2) is 0 Å². The zero-order chi connectivity index (χ0) is 13.1. The molecule has 0 aromatic carbocycles. The molecular weight excluding hydrogens is 208 g/mol. The Morgan fingerprint density at radius 2 is 1.76 bits per heavy atom. The van der Waals surface area contributed by atoms with Crippen molar-refractivity contribution in [3.05, 3.63) is 36.5 Å². The zero-order valence-corrected chi connectivity index (χ0v) is 11.9. The highest BCUT2D eigenvalue weighted by molar-refractivity contribution is 5.23. The van der Waals surface area contributed by atoms with Crippen LogP contribution in [0.2, 0.25) is 0 Å². The minimum absolute atomic E-state index is 1.03. The maximum absolute atomic E-state index is 3.86. The van der Waals surface area contributed by atoms with E-state index >= 15 is 0 Å². The van der Waals surface area contributed by atoms with E-state index in [9.17, 15) is 0 Å². The Balaban J connectivity index is 0.00000121. The SMILES string of the molecule is C=C/C(=C\C=C/C)CN1CCN(C)CC1.CC. The van der Waals surface area contributed by atoms with Crippen molar-refractivity contribution in [2.75, 3.05) is 39.8 Å². The minimum atomic E-state index is 1.03. The highest BCUT2D eigenvalue weighted by atomic mass is 15.2. The lowest BCUT2D eigenvalue weighted by Gasteiger charge is -2.32. The maximum atomic E-state index is 3.86. The summed E-state index contributed by atoms with van der Waals surface area (Å²) in [6.07, 6.45) is 8.23. The van der Waals surface area contributed by atoms with Crippen LogP contribution in [0.5, 0.6) is 0 Å². The molecule has 0 amide bonds. The predicted molar refractivity (Wildman–Crippen MR) is 78.4 cm³/mol. The van der Waals surface area contributed by atoms with Crippen LogP contribution in [0.25, 0.3) is 0 Å². The molecule has 0 aliphatic carbocycles. The van der Waals surface area contributed by atoms with Crippen molar-refractivity contribution in [1.82, 2.24) is 9.80 Å². The average Bonchev–Trinajstić information content (AvgIpc) is 2.39. The fourth-order valence-electron chi connectivity index (χ4n) is 1.67. The molecule has 0 saturated carbocycles. The van der Waals surface area contributed by atoms with E-state index in [-0.39, 0.29) is 0 Å². The summed E-state index contributed by atoms with van der Waals surface area (Å²) in [6, 6.07) is 0. The van der Waals surface area contributed by atoms with E-state index < -0.39 is 0 Å². The molecule has 2 heteroatoms. The second-order valence-electron chi connectivity index (χ2n) is 4.05. The van der Waals surface area contributed by atoms with E-state index in [1.54, 1.807) is 0 Å². The van der Waals surface area contributed by atoms with E-state index in [1.807, 2.05) is 32.9 Å². The summed E-state index contributed by atoms with van der Waals surface area (Å²) in [5, 5.41) is 0. The average molecular weight is 236 g/mol. The highest BCUT2D eigenvalue weighted by Crippen LogP contribution is 2.05. The first-order chi connectivity index (χ1) is 8.26. The van der Waals surface area contributed by atoms with E-state index in [4.69, 9.17) is 0 Å². The number of piperazine rings is 1. The topological polar surface area (TPSA) is 6.48 Å². The molecule has 1 heterocycles. The van der Waals surface area contributed by atoms with Gasteiger partial charge in [0, 0.05) is 32.7 Å². The lowest BCUT2D eigenvalue weighted by Crippen LogP contribution is -2.44. The summed E-state index contributed by atoms with van der Waals surface area (Å²) in [5.41, 5.74) is 1.30. The van der Waals surface area contributed by atoms with Crippen LogP contribution >= 0.6 is 0 Å². The summed E-state index contributed by atoms with van der Waals surface area (Å²) in [4.78, 5) is 4.86. The lowest BCUT2D eigenvalue weighted by atomic mass is 10.2. The second-order valence-corrected chi connectivity index (χ2v) is 4.05. The third-order valence-electron chi connectivity index (χ3n) is 2.77. The van der Waals surface area contributed by atoms with Gasteiger partial charge in [-0.3, -0.25) is 4.90 Å². The minimum Gasteiger partial charge on any atom is -0.304 e. The van der Waals surface area contributed by atoms with E-state index in [1.165, 1.54) is 18.7 Å². The van der Waals surface area contributed by atoms with Crippen molar-refractivity contribution in [2.45, 2.75) is 20.8 Å². The van der Waals surface area contributed by atoms with Gasteiger partial charge in [-0.25, -0.2) is 0 Å². The van der Waals surface area contributed by atoms with Gasteiger partial charge >= 0.3 is 0 Å². The molecule has 1 aliphatic heterocycles. The van der Waals surface area contributed by atoms with Crippen LogP contribution < -0.4 is 0 Å². The molecule has 0 radical (unpaired) electrons. The van der Waals surface area contributed by atoms with Crippen LogP contribution in [0.1, 0.15) is 20.8 Å². The third kappa shape index (κ3) is 7.14. The Hall–Kier alpha value is -0.860. The number of hydrogen-bond donors (Lipinski definition) is 0. The number of likely N-dealkylation sites (N-methyl/N-ethyl adjacent to an activating group) is 1. The summed E-state index contributed by atoms with van der Waals surface area (Å²) in [6.45, 7) is 15.6. The molecule has 0 aromatic heterocycles. The molecule has 1 fully saturated rings. The number of nitrogens with zero attached hydrogens (tertiary/aromatic N) is 2. The van der Waals surface area contributed by atoms with Gasteiger partial charge in [0.25, 0.3) is 0 Å². The molecule has 0 aromatic rings. The molecule has 0 atom stereocenters. The summed E-state index contributed by atoms with van der Waals surface area (Å²) >= 11 is 0. The third-order valence-corrected chi connectivity index (χ3v) is 2.77. The van der Waals surface area contributed by atoms with Crippen LogP contribution in [0.3, 0.4) is 0 Å². The van der Waals surface area contributed by atoms with Crippen LogP contribution in [-0.4, -0.2) is 49.6 Å². The Labute approximate surface area is 107 Å². The zero-order valence-electron chi connectivity index (χ0n) is 11.9. The smallest absolute Gasteiger partial charge is 0.0234 e. The van der Waals surface area contributed by atoms with Crippen molar-refractivity contribution >= 4 is 0 Å². The number of rotatable bonds is 4. The van der Waals surface area contributed by atoms with Gasteiger partial charge in [-0.15, -0.1) is 0 Å². The van der Waals surface area contributed by atoms with E-state index in [2.05, 4.69) is 35.6 Å². The van der Waals surface area contributed by atoms with Crippen molar-refractivity contribution in [3.63, 3.8) is 0 Å². The Morgan fingerprint density at radius 1 is 1.18 bits per heavy atom. The fourth-order valence-corrected chi connectivity index (χ4v) is 1.67. The Bertz CT molecular complexity index is 246. The van der Waals surface area contributed by atoms with Crippen molar-refractivity contribution < 1.29 is 0 Å². The van der Waals surface area contributed by atoms with Crippen LogP contribution in [0.15, 0.2) is 36.5 Å². The standard InChI is InChI=1S/C13H22N2.C2H6/c1-4-6-7-13(5-2)12-15-10-8-14(3)9-11-15;1-2/h4-7H,2,8-12H2,1,3H3;1-2H3/b6-4-,13-7+;. The van der Waals surface area contributed by atoms with Crippen LogP contribution in [0.4, 0.5) is 0 Å². The monoisotopic (exact) mass is 236 g/mol. The summed E-state index contributed by atoms with van der Waals surface area (Å²) in [7, 11) is 2.18. The summed E-state index contributed by atoms with van der Waals surface area (Å²) < 4.78 is 0. The maximum Gasteiger partial charge on any atom is 0.0234 e. The van der Waals surface area contributed by atoms with Crippen LogP contribution in [0, 0.1) is 0 Å². The van der Waals surface area contributed by atoms with Crippen molar-refractivity contribution in [1.29, 1.82) is 0 Å². The van der Waals surface area contributed by atoms with Crippen LogP contribution in [-0.2, 0) is 0 Å². The molecular formula is C15H28N2. The number of allylic oxidation sites excluding steroid dienone is 3. The van der Waals surface area contributed by atoms with Gasteiger partial charge < -0.3 is 4.90 Å². The normalized spacial score (nSPS) is 18.9. The molecule has 1 aliphatic rings. The number of hydrogen-bond acceptors (Lipinski definition) is 2. The predicted octanol–water partition coefficient (Wildman–Crippen LogP) is 2.95. The van der Waals surface area contributed by atoms with Gasteiger partial charge in [0.2, 0.25) is 0 Å².